The van der Waals surface area contributed by atoms with Crippen molar-refractivity contribution in [3.8, 4) is 0 Å². The highest BCUT2D eigenvalue weighted by Crippen LogP contribution is 2.45. The molecule has 2 saturated heterocycles. The summed E-state index contributed by atoms with van der Waals surface area (Å²) in [6.07, 6.45) is -10.4. The molecule has 0 bridgehead atoms. The van der Waals surface area contributed by atoms with Crippen LogP contribution in [-0.2, 0) is 39.6 Å². The van der Waals surface area contributed by atoms with Gasteiger partial charge in [-0.1, -0.05) is 218 Å². The second-order valence-corrected chi connectivity index (χ2v) is 18.3. The molecule has 10 rings (SSSR count). The van der Waals surface area contributed by atoms with Crippen molar-refractivity contribution in [1.29, 1.82) is 0 Å². The topological polar surface area (TPSA) is 110 Å². The third-order valence-electron chi connectivity index (χ3n) is 13.5. The molecule has 1 N–H and O–H groups in total. The second-order valence-electron chi connectivity index (χ2n) is 18.3. The third-order valence-corrected chi connectivity index (χ3v) is 13.5. The van der Waals surface area contributed by atoms with Gasteiger partial charge >= 0.3 is 23.8 Å². The lowest BCUT2D eigenvalue weighted by atomic mass is 9.80. The van der Waals surface area contributed by atoms with Crippen LogP contribution in [0.1, 0.15) is 61.0 Å². The molecule has 2 aliphatic rings. The average molecular weight is 1030 g/mol. The van der Waals surface area contributed by atoms with Gasteiger partial charge in [-0.2, -0.15) is 17.6 Å². The van der Waals surface area contributed by atoms with Gasteiger partial charge in [0.2, 0.25) is 6.29 Å². The van der Waals surface area contributed by atoms with Crippen LogP contribution < -0.4 is 0 Å². The van der Waals surface area contributed by atoms with Gasteiger partial charge in [-0.25, -0.2) is 9.59 Å². The Kier molecular flexibility index (Phi) is 16.3. The number of halogens is 4. The van der Waals surface area contributed by atoms with Gasteiger partial charge in [0, 0.05) is 0 Å². The van der Waals surface area contributed by atoms with E-state index in [-0.39, 0.29) is 17.7 Å². The van der Waals surface area contributed by atoms with Crippen molar-refractivity contribution in [2.45, 2.75) is 66.8 Å². The van der Waals surface area contributed by atoms with E-state index in [1.807, 2.05) is 182 Å². The Labute approximate surface area is 438 Å². The van der Waals surface area contributed by atoms with Crippen LogP contribution in [0.15, 0.2) is 243 Å². The van der Waals surface area contributed by atoms with E-state index < -0.39 is 78.4 Å². The zero-order valence-corrected chi connectivity index (χ0v) is 41.2. The molecule has 2 aliphatic heterocycles. The van der Waals surface area contributed by atoms with Crippen molar-refractivity contribution in [3.05, 3.63) is 287 Å². The summed E-state index contributed by atoms with van der Waals surface area (Å²) < 4.78 is 95.3. The standard InChI is InChI=1S/C32H28F2O4.C31H26F2O5/c1-23-32(33,34)29(38-30(35)24-14-6-2-7-15-24)28(37-23)22-36-31(25-16-8-3-9-17-25,26-18-10-4-11-19-26)27-20-12-5-13-21-27;32-31(33)27(38-28(34)22-13-5-1-6-14-22)26(37-29(31)35)21-36-30(23-15-7-2-8-16-23,24-17-9-3-10-18-24)25-19-11-4-12-20-25/h2-21,23,28-29H,22H2,1H3;1-20,26-27,29,35H,21H2/t23?,28-,29+;26-,27+,29?/m11/s1. The Balaban J connectivity index is 0.000000186. The molecule has 0 amide bonds. The highest BCUT2D eigenvalue weighted by molar-refractivity contribution is 5.90. The number of ether oxygens (including phenoxy) is 6. The normalized spacial score (nSPS) is 20.7. The smallest absolute Gasteiger partial charge is 0.338 e. The predicted octanol–water partition coefficient (Wildman–Crippen LogP) is 12.2. The van der Waals surface area contributed by atoms with Gasteiger partial charge in [-0.15, -0.1) is 0 Å². The van der Waals surface area contributed by atoms with Gasteiger partial charge in [-0.3, -0.25) is 0 Å². The van der Waals surface area contributed by atoms with Gasteiger partial charge in [0.1, 0.15) is 29.5 Å². The molecule has 6 atom stereocenters. The third kappa shape index (κ3) is 11.0. The van der Waals surface area contributed by atoms with E-state index in [1.165, 1.54) is 31.2 Å². The Morgan fingerprint density at radius 3 is 0.961 bits per heavy atom. The predicted molar refractivity (Wildman–Crippen MR) is 277 cm³/mol. The number of aliphatic hydroxyl groups is 1. The van der Waals surface area contributed by atoms with Crippen LogP contribution >= 0.6 is 0 Å². The van der Waals surface area contributed by atoms with Crippen LogP contribution in [0.3, 0.4) is 0 Å². The lowest BCUT2D eigenvalue weighted by Crippen LogP contribution is -2.45. The maximum Gasteiger partial charge on any atom is 0.338 e. The zero-order chi connectivity index (χ0) is 53.2. The SMILES string of the molecule is CC1O[C@H](COC(c2ccccc2)(c2ccccc2)c2ccccc2)[C@H](OC(=O)c2ccccc2)C1(F)F.O=C(O[C@H]1[C@@H](COC(c2ccccc2)(c2ccccc2)c2ccccc2)OC(O)C1(F)F)c1ccccc1. The molecular formula is C63H54F4O9. The highest BCUT2D eigenvalue weighted by Gasteiger charge is 2.62. The number of hydrogen-bond acceptors (Lipinski definition) is 9. The molecule has 2 heterocycles. The summed E-state index contributed by atoms with van der Waals surface area (Å²) in [5, 5.41) is 10.0. The van der Waals surface area contributed by atoms with Crippen LogP contribution in [0.25, 0.3) is 0 Å². The van der Waals surface area contributed by atoms with Gasteiger partial charge in [0.25, 0.3) is 0 Å². The number of aliphatic hydroxyl groups excluding tert-OH is 1. The molecule has 0 radical (unpaired) electrons. The quantitative estimate of drug-likeness (QED) is 0.0575. The number of alkyl halides is 4. The van der Waals surface area contributed by atoms with Crippen molar-refractivity contribution in [2.75, 3.05) is 13.2 Å². The summed E-state index contributed by atoms with van der Waals surface area (Å²) in [7, 11) is 0. The molecule has 13 heteroatoms. The maximum atomic E-state index is 15.3. The second kappa shape index (κ2) is 23.4. The number of hydrogen-bond donors (Lipinski definition) is 1. The lowest BCUT2D eigenvalue weighted by molar-refractivity contribution is -0.200. The molecule has 76 heavy (non-hydrogen) atoms. The molecule has 0 spiro atoms. The molecule has 9 nitrogen and oxygen atoms in total. The minimum atomic E-state index is -3.84. The largest absolute Gasteiger partial charge is 0.449 e. The van der Waals surface area contributed by atoms with Gasteiger partial charge in [0.15, 0.2) is 12.2 Å². The number of benzene rings is 8. The first kappa shape index (κ1) is 53.1. The summed E-state index contributed by atoms with van der Waals surface area (Å²) in [5.74, 6) is -9.02. The fourth-order valence-corrected chi connectivity index (χ4v) is 9.65. The van der Waals surface area contributed by atoms with E-state index in [1.54, 1.807) is 36.4 Å². The van der Waals surface area contributed by atoms with Crippen LogP contribution in [0, 0.1) is 0 Å². The fraction of sp³-hybridized carbons (Fsp3) is 0.206. The Morgan fingerprint density at radius 2 is 0.671 bits per heavy atom. The number of esters is 2. The molecule has 0 aromatic heterocycles. The Hall–Kier alpha value is -7.78. The van der Waals surface area contributed by atoms with Crippen molar-refractivity contribution >= 4 is 11.9 Å². The van der Waals surface area contributed by atoms with E-state index in [2.05, 4.69) is 0 Å². The first-order valence-corrected chi connectivity index (χ1v) is 24.7. The fourth-order valence-electron chi connectivity index (χ4n) is 9.65. The summed E-state index contributed by atoms with van der Waals surface area (Å²) in [4.78, 5) is 25.4. The molecule has 2 unspecified atom stereocenters. The molecule has 0 aliphatic carbocycles. The minimum absolute atomic E-state index is 0.108. The van der Waals surface area contributed by atoms with E-state index >= 15 is 17.6 Å². The van der Waals surface area contributed by atoms with E-state index in [9.17, 15) is 14.7 Å². The average Bonchev–Trinajstić information content (AvgIpc) is 3.82. The number of carbonyl (C=O) groups is 2. The van der Waals surface area contributed by atoms with Crippen molar-refractivity contribution in [3.63, 3.8) is 0 Å². The van der Waals surface area contributed by atoms with Crippen LogP contribution in [0.4, 0.5) is 17.6 Å². The summed E-state index contributed by atoms with van der Waals surface area (Å²) in [6.45, 7) is 0.631. The molecule has 0 saturated carbocycles. The van der Waals surface area contributed by atoms with Crippen molar-refractivity contribution < 1.29 is 60.7 Å². The molecule has 8 aromatic rings. The molecule has 8 aromatic carbocycles. The number of rotatable bonds is 16. The highest BCUT2D eigenvalue weighted by atomic mass is 19.3. The van der Waals surface area contributed by atoms with Crippen LogP contribution in [-0.4, -0.2) is 78.9 Å². The maximum absolute atomic E-state index is 15.3. The van der Waals surface area contributed by atoms with Crippen molar-refractivity contribution in [1.82, 2.24) is 0 Å². The molecular weight excluding hydrogens is 977 g/mol. The van der Waals surface area contributed by atoms with Gasteiger partial charge < -0.3 is 33.5 Å². The number of carbonyl (C=O) groups excluding carboxylic acids is 2. The van der Waals surface area contributed by atoms with E-state index in [0.717, 1.165) is 33.4 Å². The minimum Gasteiger partial charge on any atom is -0.449 e. The Morgan fingerprint density at radius 1 is 0.421 bits per heavy atom. The van der Waals surface area contributed by atoms with Crippen LogP contribution in [0.2, 0.25) is 0 Å². The summed E-state index contributed by atoms with van der Waals surface area (Å²) in [6, 6.07) is 73.0. The van der Waals surface area contributed by atoms with E-state index in [0.29, 0.717) is 0 Å². The van der Waals surface area contributed by atoms with E-state index in [4.69, 9.17) is 28.4 Å². The Bertz CT molecular complexity index is 2680. The zero-order valence-electron chi connectivity index (χ0n) is 41.2. The molecule has 388 valence electrons. The first-order chi connectivity index (χ1) is 36.9. The lowest BCUT2D eigenvalue weighted by Gasteiger charge is -2.37. The summed E-state index contributed by atoms with van der Waals surface area (Å²) >= 11 is 0. The molecule has 2 fully saturated rings. The van der Waals surface area contributed by atoms with Gasteiger partial charge in [-0.05, 0) is 64.6 Å². The summed E-state index contributed by atoms with van der Waals surface area (Å²) in [5.41, 5.74) is 2.74. The first-order valence-electron chi connectivity index (χ1n) is 24.7. The monoisotopic (exact) mass is 1030 g/mol. The van der Waals surface area contributed by atoms with Crippen LogP contribution in [0.5, 0.6) is 0 Å². The van der Waals surface area contributed by atoms with Gasteiger partial charge in [0.05, 0.1) is 24.3 Å². The van der Waals surface area contributed by atoms with Crippen molar-refractivity contribution in [2.24, 2.45) is 0 Å².